The molecule has 1 aliphatic carbocycles. The highest BCUT2D eigenvalue weighted by Crippen LogP contribution is 2.35. The minimum absolute atomic E-state index is 0.00469. The van der Waals surface area contributed by atoms with Crippen LogP contribution in [-0.4, -0.2) is 41.1 Å². The van der Waals surface area contributed by atoms with Crippen molar-refractivity contribution in [3.05, 3.63) is 107 Å². The molecule has 6 rings (SSSR count). The molecule has 2 aliphatic rings. The summed E-state index contributed by atoms with van der Waals surface area (Å²) in [5.74, 6) is -0.542. The second-order valence-electron chi connectivity index (χ2n) is 11.3. The summed E-state index contributed by atoms with van der Waals surface area (Å²) in [4.78, 5) is 22.6. The number of sulfonamides is 1. The number of Topliss-reactive ketones (excluding diaryl/α,β-unsaturated/α-hetero) is 1. The normalized spacial score (nSPS) is 18.6. The Balaban J connectivity index is 1.24. The average Bonchev–Trinajstić information content (AvgIpc) is 3.68. The molecule has 234 valence electrons. The van der Waals surface area contributed by atoms with Crippen molar-refractivity contribution in [2.45, 2.75) is 61.7 Å². The third-order valence-corrected chi connectivity index (χ3v) is 10.3. The number of hydrogen-bond acceptors (Lipinski definition) is 6. The lowest BCUT2D eigenvalue weighted by Gasteiger charge is -2.23. The van der Waals surface area contributed by atoms with Gasteiger partial charge < -0.3 is 5.32 Å². The zero-order valence-electron chi connectivity index (χ0n) is 24.1. The van der Waals surface area contributed by atoms with Gasteiger partial charge in [0, 0.05) is 24.2 Å². The van der Waals surface area contributed by atoms with Crippen LogP contribution in [0.4, 0.5) is 23.5 Å². The van der Waals surface area contributed by atoms with Crippen molar-refractivity contribution in [2.24, 2.45) is 0 Å². The van der Waals surface area contributed by atoms with E-state index in [-0.39, 0.29) is 42.1 Å². The second kappa shape index (κ2) is 12.3. The number of benzene rings is 3. The minimum atomic E-state index is -4.48. The third kappa shape index (κ3) is 6.62. The number of aromatic nitrogens is 2. The van der Waals surface area contributed by atoms with Crippen LogP contribution in [0.2, 0.25) is 0 Å². The molecule has 1 aliphatic heterocycles. The number of aryl methyl sites for hydroxylation is 2. The molecule has 0 spiro atoms. The Labute approximate surface area is 258 Å². The van der Waals surface area contributed by atoms with E-state index in [2.05, 4.69) is 21.4 Å². The fourth-order valence-corrected chi connectivity index (χ4v) is 7.72. The molecular formula is C33H30F4N4O3S. The lowest BCUT2D eigenvalue weighted by Crippen LogP contribution is -2.40. The predicted molar refractivity (Wildman–Crippen MR) is 160 cm³/mol. The number of carbonyl (C=O) groups excluding carboxylic acids is 1. The summed E-state index contributed by atoms with van der Waals surface area (Å²) in [5, 5.41) is 3.37. The zero-order chi connectivity index (χ0) is 31.8. The molecule has 0 amide bonds. The first kappa shape index (κ1) is 30.8. The number of alkyl halides is 3. The van der Waals surface area contributed by atoms with Gasteiger partial charge in [0.1, 0.15) is 5.82 Å². The molecule has 2 heterocycles. The van der Waals surface area contributed by atoms with Crippen molar-refractivity contribution in [2.75, 3.05) is 11.9 Å². The summed E-state index contributed by atoms with van der Waals surface area (Å²) in [6.07, 6.45) is -1.72. The van der Waals surface area contributed by atoms with E-state index in [0.717, 1.165) is 42.7 Å². The molecule has 0 bridgehead atoms. The van der Waals surface area contributed by atoms with Crippen molar-refractivity contribution in [1.29, 1.82) is 0 Å². The monoisotopic (exact) mass is 638 g/mol. The van der Waals surface area contributed by atoms with Gasteiger partial charge >= 0.3 is 6.18 Å². The second-order valence-corrected chi connectivity index (χ2v) is 13.2. The van der Waals surface area contributed by atoms with E-state index in [1.807, 2.05) is 18.2 Å². The number of ketones is 1. The number of anilines is 1. The fourth-order valence-electron chi connectivity index (χ4n) is 6.04. The molecule has 4 aromatic rings. The first-order valence-electron chi connectivity index (χ1n) is 14.7. The largest absolute Gasteiger partial charge is 0.416 e. The highest BCUT2D eigenvalue weighted by molar-refractivity contribution is 7.89. The molecule has 1 fully saturated rings. The Hall–Kier alpha value is -4.16. The first-order valence-corrected chi connectivity index (χ1v) is 16.1. The van der Waals surface area contributed by atoms with Gasteiger partial charge in [-0.3, -0.25) is 4.79 Å². The van der Waals surface area contributed by atoms with Crippen LogP contribution in [0.5, 0.6) is 0 Å². The van der Waals surface area contributed by atoms with Gasteiger partial charge in [-0.05, 0) is 85.7 Å². The molecule has 2 atom stereocenters. The number of fused-ring (bicyclic) bond motifs is 1. The molecule has 1 unspecified atom stereocenters. The predicted octanol–water partition coefficient (Wildman–Crippen LogP) is 6.76. The Bertz CT molecular complexity index is 1810. The van der Waals surface area contributed by atoms with Crippen molar-refractivity contribution in [1.82, 2.24) is 14.3 Å². The van der Waals surface area contributed by atoms with Crippen LogP contribution in [0.1, 0.15) is 54.1 Å². The van der Waals surface area contributed by atoms with Gasteiger partial charge in [0.2, 0.25) is 16.0 Å². The number of rotatable bonds is 9. The van der Waals surface area contributed by atoms with Gasteiger partial charge in [-0.1, -0.05) is 36.4 Å². The Morgan fingerprint density at radius 1 is 0.956 bits per heavy atom. The summed E-state index contributed by atoms with van der Waals surface area (Å²) in [5.41, 5.74) is 2.92. The van der Waals surface area contributed by atoms with E-state index < -0.39 is 33.6 Å². The summed E-state index contributed by atoms with van der Waals surface area (Å²) >= 11 is 0. The van der Waals surface area contributed by atoms with E-state index in [1.54, 1.807) is 6.07 Å². The summed E-state index contributed by atoms with van der Waals surface area (Å²) in [7, 11) is -4.00. The molecule has 1 aromatic heterocycles. The van der Waals surface area contributed by atoms with Crippen LogP contribution in [0.25, 0.3) is 11.3 Å². The number of carbonyl (C=O) groups is 1. The summed E-state index contributed by atoms with van der Waals surface area (Å²) < 4.78 is 80.7. The highest BCUT2D eigenvalue weighted by Gasteiger charge is 2.39. The number of nitrogens with one attached hydrogen (secondary N) is 1. The first-order chi connectivity index (χ1) is 21.5. The smallest absolute Gasteiger partial charge is 0.347 e. The molecule has 45 heavy (non-hydrogen) atoms. The van der Waals surface area contributed by atoms with Crippen molar-refractivity contribution < 1.29 is 30.8 Å². The van der Waals surface area contributed by atoms with Crippen LogP contribution < -0.4 is 5.32 Å². The van der Waals surface area contributed by atoms with Gasteiger partial charge in [0.25, 0.3) is 0 Å². The number of nitrogens with zero attached hydrogens (tertiary/aromatic N) is 3. The summed E-state index contributed by atoms with van der Waals surface area (Å²) in [6.45, 7) is 0.179. The van der Waals surface area contributed by atoms with Gasteiger partial charge in [-0.2, -0.15) is 17.5 Å². The van der Waals surface area contributed by atoms with E-state index >= 15 is 0 Å². The molecule has 0 radical (unpaired) electrons. The van der Waals surface area contributed by atoms with E-state index in [9.17, 15) is 30.8 Å². The standard InChI is InChI=1S/C33H30F4N4O3S/c34-24-12-15-26(16-13-24)45(43,44)41-19-3-6-30(41)31(42)18-14-25-20-29(22-7-10-23(11-8-22)33(35,36)37)40-32(38-25)39-28-17-9-21-4-1-2-5-27(21)28/h1-2,4-5,7-8,10-13,15-16,20,28,30H,3,6,9,14,17-19H2,(H,38,39,40)/t28?,30-/m0/s1. The summed E-state index contributed by atoms with van der Waals surface area (Å²) in [6, 6.07) is 18.0. The van der Waals surface area contributed by atoms with Gasteiger partial charge in [-0.25, -0.2) is 22.8 Å². The van der Waals surface area contributed by atoms with Crippen LogP contribution >= 0.6 is 0 Å². The Morgan fingerprint density at radius 3 is 2.42 bits per heavy atom. The topological polar surface area (TPSA) is 92.3 Å². The van der Waals surface area contributed by atoms with E-state index in [4.69, 9.17) is 0 Å². The Morgan fingerprint density at radius 2 is 1.69 bits per heavy atom. The molecule has 0 saturated carbocycles. The maximum Gasteiger partial charge on any atom is 0.416 e. The zero-order valence-corrected chi connectivity index (χ0v) is 24.9. The fraction of sp³-hybridized carbons (Fsp3) is 0.303. The van der Waals surface area contributed by atoms with E-state index in [0.29, 0.717) is 29.8 Å². The highest BCUT2D eigenvalue weighted by atomic mass is 32.2. The lowest BCUT2D eigenvalue weighted by molar-refractivity contribution is -0.137. The quantitative estimate of drug-likeness (QED) is 0.204. The van der Waals surface area contributed by atoms with Crippen molar-refractivity contribution in [3.8, 4) is 11.3 Å². The molecule has 1 N–H and O–H groups in total. The van der Waals surface area contributed by atoms with Gasteiger partial charge in [0.15, 0.2) is 5.78 Å². The molecular weight excluding hydrogens is 608 g/mol. The number of hydrogen-bond donors (Lipinski definition) is 1. The maximum atomic E-state index is 13.4. The SMILES string of the molecule is O=C(CCc1cc(-c2ccc(C(F)(F)F)cc2)nc(NC2CCc3ccccc32)n1)[C@@H]1CCCN1S(=O)(=O)c1ccc(F)cc1. The maximum absolute atomic E-state index is 13.4. The average molecular weight is 639 g/mol. The van der Waals surface area contributed by atoms with Crippen LogP contribution in [0.3, 0.4) is 0 Å². The number of halogens is 4. The Kier molecular flexibility index (Phi) is 8.45. The molecule has 12 heteroatoms. The van der Waals surface area contributed by atoms with Crippen LogP contribution in [0.15, 0.2) is 83.8 Å². The van der Waals surface area contributed by atoms with Gasteiger partial charge in [0.05, 0.1) is 28.2 Å². The molecule has 1 saturated heterocycles. The van der Waals surface area contributed by atoms with Crippen molar-refractivity contribution in [3.63, 3.8) is 0 Å². The minimum Gasteiger partial charge on any atom is -0.347 e. The van der Waals surface area contributed by atoms with E-state index in [1.165, 1.54) is 34.1 Å². The third-order valence-electron chi connectivity index (χ3n) is 8.35. The van der Waals surface area contributed by atoms with Crippen molar-refractivity contribution >= 4 is 21.8 Å². The van der Waals surface area contributed by atoms with Crippen LogP contribution in [-0.2, 0) is 33.8 Å². The van der Waals surface area contributed by atoms with Gasteiger partial charge in [-0.15, -0.1) is 0 Å². The molecule has 3 aromatic carbocycles. The lowest BCUT2D eigenvalue weighted by atomic mass is 10.0. The van der Waals surface area contributed by atoms with Crippen LogP contribution in [0, 0.1) is 5.82 Å². The molecule has 7 nitrogen and oxygen atoms in total.